The fourth-order valence-electron chi connectivity index (χ4n) is 4.05. The highest BCUT2D eigenvalue weighted by atomic mass is 16.6. The Morgan fingerprint density at radius 2 is 1.29 bits per heavy atom. The van der Waals surface area contributed by atoms with Crippen LogP contribution in [0.2, 0.25) is 0 Å². The minimum absolute atomic E-state index is 0.152. The molecule has 0 aliphatic rings. The second-order valence-corrected chi connectivity index (χ2v) is 11.3. The lowest BCUT2D eigenvalue weighted by molar-refractivity contribution is -0.152. The Kier molecular flexibility index (Phi) is 27.8. The number of ether oxygens (including phenoxy) is 2. The van der Waals surface area contributed by atoms with Crippen LogP contribution in [0.15, 0.2) is 48.6 Å². The molecule has 0 aliphatic carbocycles. The van der Waals surface area contributed by atoms with E-state index < -0.39 is 12.2 Å². The molecule has 0 fully saturated rings. The van der Waals surface area contributed by atoms with Gasteiger partial charge in [-0.25, -0.2) is 0 Å². The monoisotopic (exact) mass is 576 g/mol. The van der Waals surface area contributed by atoms with E-state index in [2.05, 4.69) is 26.8 Å². The van der Waals surface area contributed by atoms with E-state index in [-0.39, 0.29) is 31.6 Å². The number of aliphatic hydroxyl groups is 2. The third kappa shape index (κ3) is 30.6. The van der Waals surface area contributed by atoms with Crippen molar-refractivity contribution in [2.45, 2.75) is 142 Å². The average molecular weight is 577 g/mol. The van der Waals surface area contributed by atoms with Crippen molar-refractivity contribution in [3.05, 3.63) is 48.6 Å². The minimum Gasteiger partial charge on any atom is -0.463 e. The second kappa shape index (κ2) is 29.3. The number of carbonyl (C=O) groups excluding carboxylic acids is 2. The number of hydrogen-bond acceptors (Lipinski definition) is 6. The van der Waals surface area contributed by atoms with Crippen molar-refractivity contribution in [2.75, 3.05) is 13.2 Å². The molecule has 0 rings (SSSR count). The normalized spacial score (nSPS) is 13.7. The predicted octanol–water partition coefficient (Wildman–Crippen LogP) is 8.33. The first kappa shape index (κ1) is 38.8. The van der Waals surface area contributed by atoms with Gasteiger partial charge in [-0.05, 0) is 50.9 Å². The molecule has 0 aromatic rings. The van der Waals surface area contributed by atoms with Crippen LogP contribution in [0.1, 0.15) is 130 Å². The molecular formula is C35H60O6. The molecule has 0 unspecified atom stereocenters. The third-order valence-corrected chi connectivity index (χ3v) is 6.58. The number of esters is 2. The maximum atomic E-state index is 11.9. The van der Waals surface area contributed by atoms with Gasteiger partial charge in [-0.1, -0.05) is 121 Å². The van der Waals surface area contributed by atoms with Crippen LogP contribution in [0, 0.1) is 5.92 Å². The van der Waals surface area contributed by atoms with Gasteiger partial charge in [0.05, 0.1) is 6.10 Å². The molecule has 2 atom stereocenters. The summed E-state index contributed by atoms with van der Waals surface area (Å²) in [7, 11) is 0. The zero-order valence-electron chi connectivity index (χ0n) is 26.3. The Morgan fingerprint density at radius 3 is 1.98 bits per heavy atom. The zero-order valence-corrected chi connectivity index (χ0v) is 26.3. The van der Waals surface area contributed by atoms with Crippen LogP contribution < -0.4 is 0 Å². The first-order valence-corrected chi connectivity index (χ1v) is 16.2. The van der Waals surface area contributed by atoms with E-state index in [4.69, 9.17) is 9.47 Å². The number of carbonyl (C=O) groups is 2. The van der Waals surface area contributed by atoms with E-state index in [0.29, 0.717) is 19.3 Å². The summed E-state index contributed by atoms with van der Waals surface area (Å²) in [5, 5.41) is 19.9. The molecular weight excluding hydrogens is 516 g/mol. The van der Waals surface area contributed by atoms with Crippen LogP contribution in [-0.2, 0) is 19.1 Å². The predicted molar refractivity (Wildman–Crippen MR) is 169 cm³/mol. The smallest absolute Gasteiger partial charge is 0.305 e. The first-order chi connectivity index (χ1) is 19.8. The number of unbranched alkanes of at least 4 members (excludes halogenated alkanes) is 9. The third-order valence-electron chi connectivity index (χ3n) is 6.58. The zero-order chi connectivity index (χ0) is 30.4. The van der Waals surface area contributed by atoms with Crippen molar-refractivity contribution >= 4 is 11.9 Å². The lowest BCUT2D eigenvalue weighted by Crippen LogP contribution is -2.25. The van der Waals surface area contributed by atoms with Gasteiger partial charge in [0, 0.05) is 12.8 Å². The molecule has 0 saturated heterocycles. The average Bonchev–Trinajstić information content (AvgIpc) is 2.94. The Hall–Kier alpha value is -2.18. The molecule has 0 bridgehead atoms. The van der Waals surface area contributed by atoms with Crippen molar-refractivity contribution in [3.63, 3.8) is 0 Å². The topological polar surface area (TPSA) is 93.1 Å². The Balaban J connectivity index is 3.68. The van der Waals surface area contributed by atoms with E-state index in [1.807, 2.05) is 36.5 Å². The maximum absolute atomic E-state index is 11.9. The van der Waals surface area contributed by atoms with Gasteiger partial charge in [0.25, 0.3) is 0 Å². The Morgan fingerprint density at radius 1 is 0.683 bits per heavy atom. The van der Waals surface area contributed by atoms with Crippen molar-refractivity contribution in [1.29, 1.82) is 0 Å². The lowest BCUT2D eigenvalue weighted by Gasteiger charge is -2.12. The van der Waals surface area contributed by atoms with Gasteiger partial charge in [0.15, 0.2) is 0 Å². The standard InChI is InChI=1S/C35H60O6/c1-4-5-6-7-9-15-20-25-32(36)26-21-16-10-8-11-17-22-27-34(38)40-29-33(37)30-41-35(39)28-23-18-13-12-14-19-24-31(2)3/h8-9,11,15-16,20-21,25,31-33,36-37H,4-7,10,12-14,17-19,22-24,26-30H2,1-3H3/b11-8+,15-9-,21-16-,25-20-/t32-,33-/m1/s1. The summed E-state index contributed by atoms with van der Waals surface area (Å²) in [5.41, 5.74) is 0. The Bertz CT molecular complexity index is 737. The minimum atomic E-state index is -1.00. The highest BCUT2D eigenvalue weighted by Crippen LogP contribution is 2.12. The summed E-state index contributed by atoms with van der Waals surface area (Å²) in [6.45, 7) is 6.37. The van der Waals surface area contributed by atoms with Crippen LogP contribution in [0.5, 0.6) is 0 Å². The number of aliphatic hydroxyl groups excluding tert-OH is 2. The summed E-state index contributed by atoms with van der Waals surface area (Å²) >= 11 is 0. The number of rotatable bonds is 27. The van der Waals surface area contributed by atoms with Gasteiger partial charge in [-0.2, -0.15) is 0 Å². The van der Waals surface area contributed by atoms with Crippen molar-refractivity contribution < 1.29 is 29.3 Å². The van der Waals surface area contributed by atoms with E-state index in [1.165, 1.54) is 44.9 Å². The quantitative estimate of drug-likeness (QED) is 0.0442. The molecule has 2 N–H and O–H groups in total. The lowest BCUT2D eigenvalue weighted by atomic mass is 10.0. The summed E-state index contributed by atoms with van der Waals surface area (Å²) in [6.07, 6.45) is 30.6. The van der Waals surface area contributed by atoms with Crippen LogP contribution in [0.3, 0.4) is 0 Å². The highest BCUT2D eigenvalue weighted by Gasteiger charge is 2.12. The molecule has 0 aromatic carbocycles. The SMILES string of the molecule is CCCCC/C=C\C=C/[C@@H](O)C/C=C\C/C=C/CCCC(=O)OC[C@@H](O)COC(=O)CCCCCCCCC(C)C. The van der Waals surface area contributed by atoms with Gasteiger partial charge < -0.3 is 19.7 Å². The van der Waals surface area contributed by atoms with Gasteiger partial charge in [-0.15, -0.1) is 0 Å². The first-order valence-electron chi connectivity index (χ1n) is 16.2. The largest absolute Gasteiger partial charge is 0.463 e. The molecule has 0 aromatic heterocycles. The molecule has 6 heteroatoms. The molecule has 236 valence electrons. The van der Waals surface area contributed by atoms with E-state index in [0.717, 1.165) is 44.4 Å². The summed E-state index contributed by atoms with van der Waals surface area (Å²) in [4.78, 5) is 23.7. The van der Waals surface area contributed by atoms with Crippen molar-refractivity contribution in [1.82, 2.24) is 0 Å². The van der Waals surface area contributed by atoms with Gasteiger partial charge in [0.2, 0.25) is 0 Å². The van der Waals surface area contributed by atoms with E-state index in [1.54, 1.807) is 6.08 Å². The molecule has 6 nitrogen and oxygen atoms in total. The van der Waals surface area contributed by atoms with Crippen molar-refractivity contribution in [3.8, 4) is 0 Å². The fraction of sp³-hybridized carbons (Fsp3) is 0.714. The van der Waals surface area contributed by atoms with Crippen LogP contribution in [0.4, 0.5) is 0 Å². The van der Waals surface area contributed by atoms with E-state index in [9.17, 15) is 19.8 Å². The van der Waals surface area contributed by atoms with Crippen LogP contribution in [-0.4, -0.2) is 47.6 Å². The summed E-state index contributed by atoms with van der Waals surface area (Å²) in [5.74, 6) is 0.0870. The molecule has 0 aliphatic heterocycles. The van der Waals surface area contributed by atoms with Gasteiger partial charge in [0.1, 0.15) is 19.3 Å². The number of allylic oxidation sites excluding steroid dienone is 6. The summed E-state index contributed by atoms with van der Waals surface area (Å²) < 4.78 is 10.2. The van der Waals surface area contributed by atoms with Gasteiger partial charge >= 0.3 is 11.9 Å². The summed E-state index contributed by atoms with van der Waals surface area (Å²) in [6, 6.07) is 0. The molecule has 0 heterocycles. The van der Waals surface area contributed by atoms with Crippen LogP contribution >= 0.6 is 0 Å². The molecule has 0 spiro atoms. The molecule has 0 saturated carbocycles. The van der Waals surface area contributed by atoms with Crippen LogP contribution in [0.25, 0.3) is 0 Å². The Labute approximate surface area is 251 Å². The second-order valence-electron chi connectivity index (χ2n) is 11.3. The number of hydrogen-bond donors (Lipinski definition) is 2. The molecule has 0 radical (unpaired) electrons. The van der Waals surface area contributed by atoms with E-state index >= 15 is 0 Å². The maximum Gasteiger partial charge on any atom is 0.305 e. The van der Waals surface area contributed by atoms with Gasteiger partial charge in [-0.3, -0.25) is 9.59 Å². The van der Waals surface area contributed by atoms with Crippen molar-refractivity contribution in [2.24, 2.45) is 5.92 Å². The molecule has 0 amide bonds. The molecule has 41 heavy (non-hydrogen) atoms. The highest BCUT2D eigenvalue weighted by molar-refractivity contribution is 5.69. The fourth-order valence-corrected chi connectivity index (χ4v) is 4.05.